The van der Waals surface area contributed by atoms with E-state index in [4.69, 9.17) is 4.74 Å². The molecular weight excluding hydrogens is 401 g/mol. The predicted octanol–water partition coefficient (Wildman–Crippen LogP) is 3.67. The molecule has 30 heavy (non-hydrogen) atoms. The van der Waals surface area contributed by atoms with Crippen molar-refractivity contribution < 1.29 is 27.5 Å². The molecule has 0 saturated heterocycles. The summed E-state index contributed by atoms with van der Waals surface area (Å²) in [6.45, 7) is 3.29. The number of nitrogens with one attached hydrogen (secondary N) is 1. The number of carbonyl (C=O) groups excluding carboxylic acids is 2. The van der Waals surface area contributed by atoms with Crippen molar-refractivity contribution in [1.29, 1.82) is 0 Å². The molecule has 0 radical (unpaired) electrons. The molecule has 0 aliphatic rings. The van der Waals surface area contributed by atoms with E-state index in [9.17, 15) is 22.8 Å². The number of esters is 1. The van der Waals surface area contributed by atoms with E-state index in [2.05, 4.69) is 15.4 Å². The lowest BCUT2D eigenvalue weighted by molar-refractivity contribution is -0.137. The van der Waals surface area contributed by atoms with Gasteiger partial charge in [0, 0.05) is 17.3 Å². The first-order valence-electron chi connectivity index (χ1n) is 8.89. The summed E-state index contributed by atoms with van der Waals surface area (Å²) < 4.78 is 46.0. The maximum absolute atomic E-state index is 13.6. The summed E-state index contributed by atoms with van der Waals surface area (Å²) in [5.74, 6) is -1.80. The van der Waals surface area contributed by atoms with Gasteiger partial charge in [0.1, 0.15) is 17.1 Å². The molecule has 0 atom stereocenters. The van der Waals surface area contributed by atoms with E-state index in [1.807, 2.05) is 0 Å². The van der Waals surface area contributed by atoms with Crippen molar-refractivity contribution in [2.75, 3.05) is 6.61 Å². The number of amides is 1. The Bertz CT molecular complexity index is 1120. The molecule has 1 N–H and O–H groups in total. The topological polar surface area (TPSA) is 85.6 Å². The van der Waals surface area contributed by atoms with Crippen LogP contribution in [0.5, 0.6) is 0 Å². The smallest absolute Gasteiger partial charge is 0.332 e. The number of benzene rings is 1. The molecule has 0 saturated carbocycles. The Kier molecular flexibility index (Phi) is 6.14. The number of fused-ring (bicyclic) bond motifs is 1. The van der Waals surface area contributed by atoms with E-state index in [1.54, 1.807) is 6.92 Å². The Labute approximate surface area is 169 Å². The summed E-state index contributed by atoms with van der Waals surface area (Å²) >= 11 is 0. The molecular formula is C20H17F3N4O3. The van der Waals surface area contributed by atoms with Crippen molar-refractivity contribution in [3.8, 4) is 11.3 Å². The van der Waals surface area contributed by atoms with Crippen LogP contribution in [0.2, 0.25) is 0 Å². The molecule has 2 heterocycles. The van der Waals surface area contributed by atoms with Crippen LogP contribution in [0, 0.1) is 5.82 Å². The van der Waals surface area contributed by atoms with Crippen LogP contribution < -0.4 is 5.32 Å². The van der Waals surface area contributed by atoms with Gasteiger partial charge in [0.15, 0.2) is 5.65 Å². The Morgan fingerprint density at radius 3 is 2.60 bits per heavy atom. The van der Waals surface area contributed by atoms with Gasteiger partial charge in [0.05, 0.1) is 18.5 Å². The fourth-order valence-corrected chi connectivity index (χ4v) is 2.71. The van der Waals surface area contributed by atoms with Gasteiger partial charge in [-0.05, 0) is 44.2 Å². The summed E-state index contributed by atoms with van der Waals surface area (Å²) in [5.41, 5.74) is 0.0719. The van der Waals surface area contributed by atoms with Gasteiger partial charge in [-0.3, -0.25) is 4.79 Å². The first kappa shape index (κ1) is 21.0. The van der Waals surface area contributed by atoms with Crippen LogP contribution in [0.15, 0.2) is 48.3 Å². The number of alkyl halides is 2. The van der Waals surface area contributed by atoms with Crippen molar-refractivity contribution in [2.24, 2.45) is 0 Å². The number of nitrogens with zero attached hydrogens (tertiary/aromatic N) is 3. The SMILES string of the molecule is CCOC(=O)/C=C(\C)NC(=O)c1cnn2c(C(F)F)cc(-c3ccc(F)cc3)nc12. The molecule has 0 aliphatic carbocycles. The molecule has 10 heteroatoms. The molecule has 0 aliphatic heterocycles. The molecule has 0 spiro atoms. The molecule has 3 aromatic rings. The number of allylic oxidation sites excluding steroid dienone is 1. The zero-order valence-corrected chi connectivity index (χ0v) is 16.0. The van der Waals surface area contributed by atoms with Crippen LogP contribution in [0.25, 0.3) is 16.9 Å². The van der Waals surface area contributed by atoms with Crippen LogP contribution in [-0.4, -0.2) is 33.1 Å². The number of rotatable bonds is 6. The fourth-order valence-electron chi connectivity index (χ4n) is 2.71. The summed E-state index contributed by atoms with van der Waals surface area (Å²) in [6, 6.07) is 6.27. The number of ether oxygens (including phenoxy) is 1. The maximum Gasteiger partial charge on any atom is 0.332 e. The Hall–Kier alpha value is -3.69. The minimum atomic E-state index is -2.89. The summed E-state index contributed by atoms with van der Waals surface area (Å²) in [5, 5.41) is 6.32. The Balaban J connectivity index is 2.03. The molecule has 0 unspecified atom stereocenters. The zero-order chi connectivity index (χ0) is 21.8. The summed E-state index contributed by atoms with van der Waals surface area (Å²) in [4.78, 5) is 28.4. The normalized spacial score (nSPS) is 11.7. The van der Waals surface area contributed by atoms with Crippen molar-refractivity contribution in [2.45, 2.75) is 20.3 Å². The van der Waals surface area contributed by atoms with Gasteiger partial charge >= 0.3 is 5.97 Å². The van der Waals surface area contributed by atoms with Gasteiger partial charge in [0.2, 0.25) is 0 Å². The minimum absolute atomic E-state index is 0.0718. The van der Waals surface area contributed by atoms with Crippen LogP contribution in [0.4, 0.5) is 13.2 Å². The molecule has 2 aromatic heterocycles. The van der Waals surface area contributed by atoms with Crippen LogP contribution in [-0.2, 0) is 9.53 Å². The number of hydrogen-bond donors (Lipinski definition) is 1. The molecule has 0 fully saturated rings. The van der Waals surface area contributed by atoms with Gasteiger partial charge in [-0.1, -0.05) is 0 Å². The van der Waals surface area contributed by atoms with Crippen LogP contribution >= 0.6 is 0 Å². The molecule has 0 bridgehead atoms. The Morgan fingerprint density at radius 1 is 1.27 bits per heavy atom. The highest BCUT2D eigenvalue weighted by molar-refractivity contribution is 6.01. The lowest BCUT2D eigenvalue weighted by Crippen LogP contribution is -2.22. The third-order valence-electron chi connectivity index (χ3n) is 4.04. The van der Waals surface area contributed by atoms with Crippen molar-refractivity contribution in [3.63, 3.8) is 0 Å². The average molecular weight is 418 g/mol. The highest BCUT2D eigenvalue weighted by atomic mass is 19.3. The van der Waals surface area contributed by atoms with Crippen LogP contribution in [0.3, 0.4) is 0 Å². The first-order valence-corrected chi connectivity index (χ1v) is 8.89. The number of halogens is 3. The zero-order valence-electron chi connectivity index (χ0n) is 16.0. The first-order chi connectivity index (χ1) is 14.3. The van der Waals surface area contributed by atoms with Crippen LogP contribution in [0.1, 0.15) is 36.3 Å². The second kappa shape index (κ2) is 8.76. The highest BCUT2D eigenvalue weighted by Gasteiger charge is 2.21. The highest BCUT2D eigenvalue weighted by Crippen LogP contribution is 2.27. The standard InChI is InChI=1S/C20H17F3N4O3/c1-3-30-17(28)8-11(2)25-20(29)14-10-24-27-16(18(22)23)9-15(26-19(14)27)12-4-6-13(21)7-5-12/h4-10,18H,3H2,1-2H3,(H,25,29)/b11-8+. The van der Waals surface area contributed by atoms with E-state index < -0.39 is 29.8 Å². The van der Waals surface area contributed by atoms with Gasteiger partial charge in [-0.2, -0.15) is 5.10 Å². The Morgan fingerprint density at radius 2 is 1.97 bits per heavy atom. The van der Waals surface area contributed by atoms with E-state index in [0.29, 0.717) is 5.56 Å². The largest absolute Gasteiger partial charge is 0.463 e. The van der Waals surface area contributed by atoms with Gasteiger partial charge in [-0.25, -0.2) is 27.5 Å². The van der Waals surface area contributed by atoms with E-state index in [-0.39, 0.29) is 29.2 Å². The molecule has 1 amide bonds. The average Bonchev–Trinajstić information content (AvgIpc) is 3.11. The summed E-state index contributed by atoms with van der Waals surface area (Å²) in [6.07, 6.45) is -0.694. The third-order valence-corrected chi connectivity index (χ3v) is 4.04. The predicted molar refractivity (Wildman–Crippen MR) is 101 cm³/mol. The maximum atomic E-state index is 13.6. The van der Waals surface area contributed by atoms with E-state index >= 15 is 0 Å². The van der Waals surface area contributed by atoms with E-state index in [0.717, 1.165) is 22.9 Å². The van der Waals surface area contributed by atoms with Gasteiger partial charge in [0.25, 0.3) is 12.3 Å². The van der Waals surface area contributed by atoms with Gasteiger partial charge in [-0.15, -0.1) is 0 Å². The van der Waals surface area contributed by atoms with Crippen molar-refractivity contribution in [3.05, 3.63) is 65.4 Å². The monoisotopic (exact) mass is 418 g/mol. The molecule has 7 nitrogen and oxygen atoms in total. The minimum Gasteiger partial charge on any atom is -0.463 e. The molecule has 3 rings (SSSR count). The molecule has 1 aromatic carbocycles. The second-order valence-electron chi connectivity index (χ2n) is 6.20. The van der Waals surface area contributed by atoms with Crippen molar-refractivity contribution in [1.82, 2.24) is 19.9 Å². The molecule has 156 valence electrons. The number of aromatic nitrogens is 3. The quantitative estimate of drug-likeness (QED) is 0.488. The third kappa shape index (κ3) is 4.48. The lowest BCUT2D eigenvalue weighted by atomic mass is 10.1. The van der Waals surface area contributed by atoms with Crippen molar-refractivity contribution >= 4 is 17.5 Å². The lowest BCUT2D eigenvalue weighted by Gasteiger charge is -2.09. The number of hydrogen-bond acceptors (Lipinski definition) is 5. The van der Waals surface area contributed by atoms with E-state index in [1.165, 1.54) is 31.2 Å². The summed E-state index contributed by atoms with van der Waals surface area (Å²) in [7, 11) is 0. The second-order valence-corrected chi connectivity index (χ2v) is 6.20. The van der Waals surface area contributed by atoms with Gasteiger partial charge < -0.3 is 10.1 Å². The number of carbonyl (C=O) groups is 2. The fraction of sp³-hybridized carbons (Fsp3) is 0.200.